The third-order valence-corrected chi connectivity index (χ3v) is 5.20. The molecule has 0 bridgehead atoms. The molecular formula is C18H22BrN. The van der Waals surface area contributed by atoms with Crippen molar-refractivity contribution >= 4 is 15.9 Å². The zero-order valence-electron chi connectivity index (χ0n) is 12.8. The van der Waals surface area contributed by atoms with Crippen molar-refractivity contribution in [3.8, 4) is 0 Å². The molecular weight excluding hydrogens is 310 g/mol. The first-order valence-electron chi connectivity index (χ1n) is 6.95. The minimum Gasteiger partial charge on any atom is -0.309 e. The first-order chi connectivity index (χ1) is 9.43. The van der Waals surface area contributed by atoms with Crippen molar-refractivity contribution in [1.82, 2.24) is 5.32 Å². The molecule has 0 aliphatic rings. The van der Waals surface area contributed by atoms with Gasteiger partial charge in [0.15, 0.2) is 0 Å². The molecule has 2 aromatic carbocycles. The Balaban J connectivity index is 2.49. The van der Waals surface area contributed by atoms with Crippen LogP contribution in [0.4, 0.5) is 0 Å². The van der Waals surface area contributed by atoms with Crippen LogP contribution in [0.25, 0.3) is 0 Å². The van der Waals surface area contributed by atoms with Gasteiger partial charge in [-0.3, -0.25) is 0 Å². The van der Waals surface area contributed by atoms with Crippen LogP contribution in [0.15, 0.2) is 34.8 Å². The fraction of sp³-hybridized carbons (Fsp3) is 0.333. The quantitative estimate of drug-likeness (QED) is 0.835. The first-order valence-corrected chi connectivity index (χ1v) is 7.74. The van der Waals surface area contributed by atoms with Gasteiger partial charge in [0, 0.05) is 4.47 Å². The van der Waals surface area contributed by atoms with Crippen molar-refractivity contribution in [2.24, 2.45) is 0 Å². The highest BCUT2D eigenvalue weighted by atomic mass is 79.9. The lowest BCUT2D eigenvalue weighted by molar-refractivity contribution is 0.689. The predicted molar refractivity (Wildman–Crippen MR) is 90.4 cm³/mol. The summed E-state index contributed by atoms with van der Waals surface area (Å²) in [4.78, 5) is 0. The number of hydrogen-bond donors (Lipinski definition) is 1. The summed E-state index contributed by atoms with van der Waals surface area (Å²) in [5, 5.41) is 3.44. The van der Waals surface area contributed by atoms with E-state index in [0.717, 1.165) is 0 Å². The average molecular weight is 332 g/mol. The standard InChI is InChI=1S/C18H22BrN/c1-11-6-7-15(8-12(11)2)18(20-5)16-9-13(3)17(19)14(4)10-16/h6-10,18,20H,1-5H3. The van der Waals surface area contributed by atoms with Gasteiger partial charge in [-0.05, 0) is 68.1 Å². The van der Waals surface area contributed by atoms with Crippen LogP contribution in [-0.2, 0) is 0 Å². The maximum absolute atomic E-state index is 3.64. The summed E-state index contributed by atoms with van der Waals surface area (Å²) in [7, 11) is 2.02. The molecule has 0 fully saturated rings. The molecule has 0 amide bonds. The fourth-order valence-electron chi connectivity index (χ4n) is 2.62. The highest BCUT2D eigenvalue weighted by Gasteiger charge is 2.14. The molecule has 2 rings (SSSR count). The number of benzene rings is 2. The van der Waals surface area contributed by atoms with Crippen LogP contribution < -0.4 is 5.32 Å². The van der Waals surface area contributed by atoms with Gasteiger partial charge in [0.05, 0.1) is 6.04 Å². The molecule has 0 spiro atoms. The van der Waals surface area contributed by atoms with E-state index in [1.165, 1.54) is 37.9 Å². The number of halogens is 1. The summed E-state index contributed by atoms with van der Waals surface area (Å²) in [6.45, 7) is 8.62. The molecule has 2 heteroatoms. The van der Waals surface area contributed by atoms with Crippen LogP contribution in [0.3, 0.4) is 0 Å². The van der Waals surface area contributed by atoms with Gasteiger partial charge in [0.2, 0.25) is 0 Å². The lowest BCUT2D eigenvalue weighted by atomic mass is 9.93. The van der Waals surface area contributed by atoms with Crippen molar-refractivity contribution in [3.05, 3.63) is 68.2 Å². The molecule has 0 aliphatic heterocycles. The molecule has 0 heterocycles. The van der Waals surface area contributed by atoms with Crippen molar-refractivity contribution in [2.45, 2.75) is 33.7 Å². The third-order valence-electron chi connectivity index (χ3n) is 3.95. The Bertz CT molecular complexity index is 608. The Kier molecular flexibility index (Phi) is 4.66. The van der Waals surface area contributed by atoms with E-state index in [9.17, 15) is 0 Å². The predicted octanol–water partition coefficient (Wildman–Crippen LogP) is 4.99. The number of rotatable bonds is 3. The van der Waals surface area contributed by atoms with E-state index in [1.807, 2.05) is 7.05 Å². The van der Waals surface area contributed by atoms with Crippen LogP contribution in [0.1, 0.15) is 39.4 Å². The molecule has 0 saturated carbocycles. The van der Waals surface area contributed by atoms with Crippen LogP contribution in [0.5, 0.6) is 0 Å². The number of nitrogens with one attached hydrogen (secondary N) is 1. The van der Waals surface area contributed by atoms with Gasteiger partial charge < -0.3 is 5.32 Å². The maximum Gasteiger partial charge on any atom is 0.0574 e. The van der Waals surface area contributed by atoms with Gasteiger partial charge in [-0.1, -0.05) is 46.3 Å². The van der Waals surface area contributed by atoms with Gasteiger partial charge >= 0.3 is 0 Å². The van der Waals surface area contributed by atoms with Gasteiger partial charge in [0.1, 0.15) is 0 Å². The molecule has 20 heavy (non-hydrogen) atoms. The van der Waals surface area contributed by atoms with E-state index >= 15 is 0 Å². The van der Waals surface area contributed by atoms with E-state index in [-0.39, 0.29) is 6.04 Å². The number of aryl methyl sites for hydroxylation is 4. The van der Waals surface area contributed by atoms with Gasteiger partial charge in [-0.15, -0.1) is 0 Å². The average Bonchev–Trinajstić information content (AvgIpc) is 2.41. The van der Waals surface area contributed by atoms with Gasteiger partial charge in [-0.25, -0.2) is 0 Å². The zero-order chi connectivity index (χ0) is 14.9. The fourth-order valence-corrected chi connectivity index (χ4v) is 2.84. The van der Waals surface area contributed by atoms with E-state index in [4.69, 9.17) is 0 Å². The topological polar surface area (TPSA) is 12.0 Å². The normalized spacial score (nSPS) is 12.5. The van der Waals surface area contributed by atoms with Crippen LogP contribution >= 0.6 is 15.9 Å². The second-order valence-electron chi connectivity index (χ2n) is 5.53. The molecule has 0 aliphatic carbocycles. The highest BCUT2D eigenvalue weighted by molar-refractivity contribution is 9.10. The summed E-state index contributed by atoms with van der Waals surface area (Å²) in [6.07, 6.45) is 0. The molecule has 0 radical (unpaired) electrons. The largest absolute Gasteiger partial charge is 0.309 e. The van der Waals surface area contributed by atoms with Crippen molar-refractivity contribution in [3.63, 3.8) is 0 Å². The van der Waals surface area contributed by atoms with Crippen molar-refractivity contribution < 1.29 is 0 Å². The van der Waals surface area contributed by atoms with Crippen molar-refractivity contribution in [1.29, 1.82) is 0 Å². The molecule has 0 aromatic heterocycles. The maximum atomic E-state index is 3.64. The summed E-state index contributed by atoms with van der Waals surface area (Å²) in [5.74, 6) is 0. The van der Waals surface area contributed by atoms with Crippen molar-refractivity contribution in [2.75, 3.05) is 7.05 Å². The van der Waals surface area contributed by atoms with Crippen LogP contribution in [-0.4, -0.2) is 7.05 Å². The van der Waals surface area contributed by atoms with Crippen LogP contribution in [0.2, 0.25) is 0 Å². The molecule has 1 N–H and O–H groups in total. The number of hydrogen-bond acceptors (Lipinski definition) is 1. The Labute approximate surface area is 130 Å². The molecule has 1 nitrogen and oxygen atoms in total. The molecule has 2 aromatic rings. The zero-order valence-corrected chi connectivity index (χ0v) is 14.4. The Morgan fingerprint density at radius 2 is 1.35 bits per heavy atom. The van der Waals surface area contributed by atoms with Gasteiger partial charge in [-0.2, -0.15) is 0 Å². The summed E-state index contributed by atoms with van der Waals surface area (Å²) in [6, 6.07) is 11.5. The highest BCUT2D eigenvalue weighted by Crippen LogP contribution is 2.29. The van der Waals surface area contributed by atoms with E-state index in [0.29, 0.717) is 0 Å². The van der Waals surface area contributed by atoms with E-state index in [2.05, 4.69) is 79.3 Å². The molecule has 1 atom stereocenters. The smallest absolute Gasteiger partial charge is 0.0574 e. The lowest BCUT2D eigenvalue weighted by Crippen LogP contribution is -2.18. The second kappa shape index (κ2) is 6.11. The Morgan fingerprint density at radius 1 is 0.800 bits per heavy atom. The Hall–Kier alpha value is -1.12. The van der Waals surface area contributed by atoms with E-state index < -0.39 is 0 Å². The van der Waals surface area contributed by atoms with Gasteiger partial charge in [0.25, 0.3) is 0 Å². The third kappa shape index (κ3) is 2.97. The second-order valence-corrected chi connectivity index (χ2v) is 6.33. The minimum absolute atomic E-state index is 0.236. The molecule has 0 saturated heterocycles. The lowest BCUT2D eigenvalue weighted by Gasteiger charge is -2.20. The summed E-state index contributed by atoms with van der Waals surface area (Å²) in [5.41, 5.74) is 7.87. The molecule has 106 valence electrons. The SMILES string of the molecule is CNC(c1ccc(C)c(C)c1)c1cc(C)c(Br)c(C)c1. The monoisotopic (exact) mass is 331 g/mol. The summed E-state index contributed by atoms with van der Waals surface area (Å²) < 4.78 is 1.20. The minimum atomic E-state index is 0.236. The van der Waals surface area contributed by atoms with E-state index in [1.54, 1.807) is 0 Å². The Morgan fingerprint density at radius 3 is 1.85 bits per heavy atom. The van der Waals surface area contributed by atoms with Crippen LogP contribution in [0, 0.1) is 27.7 Å². The summed E-state index contributed by atoms with van der Waals surface area (Å²) >= 11 is 3.64. The molecule has 1 unspecified atom stereocenters. The first kappa shape index (κ1) is 15.3.